The van der Waals surface area contributed by atoms with E-state index in [0.717, 1.165) is 54.5 Å². The summed E-state index contributed by atoms with van der Waals surface area (Å²) in [5, 5.41) is 8.59. The number of benzene rings is 2. The van der Waals surface area contributed by atoms with E-state index >= 15 is 0 Å². The van der Waals surface area contributed by atoms with Gasteiger partial charge in [-0.1, -0.05) is 29.8 Å². The quantitative estimate of drug-likeness (QED) is 0.469. The first kappa shape index (κ1) is 24.7. The van der Waals surface area contributed by atoms with Gasteiger partial charge in [0.25, 0.3) is 0 Å². The lowest BCUT2D eigenvalue weighted by atomic mass is 9.86. The third kappa shape index (κ3) is 5.98. The van der Waals surface area contributed by atoms with Crippen molar-refractivity contribution in [3.05, 3.63) is 53.1 Å². The molecule has 0 unspecified atom stereocenters. The van der Waals surface area contributed by atoms with Crippen LogP contribution in [-0.4, -0.2) is 51.3 Å². The standard InChI is InChI=1S/C25H32ClN5O2S/c1-31(2)24-21-6-4-5-7-23(21)29-25(30-24)28-19-11-8-17(9-12-19)15-27-16-18-10-13-20(14-22(18)26)34(3,32)33/h4-7,10,13-14,17,19,27H,8-9,11-12,15-16H2,1-3H3,(H,28,29,30). The van der Waals surface area contributed by atoms with Gasteiger partial charge in [0.15, 0.2) is 9.84 Å². The number of para-hydroxylation sites is 1. The summed E-state index contributed by atoms with van der Waals surface area (Å²) in [5.41, 5.74) is 1.86. The number of hydrogen-bond donors (Lipinski definition) is 2. The number of nitrogens with zero attached hydrogens (tertiary/aromatic N) is 3. The SMILES string of the molecule is CN(C)c1nc(NC2CCC(CNCc3ccc(S(C)(=O)=O)cc3Cl)CC2)nc2ccccc12. The molecular weight excluding hydrogens is 470 g/mol. The van der Waals surface area contributed by atoms with Crippen LogP contribution in [0.25, 0.3) is 10.9 Å². The van der Waals surface area contributed by atoms with Gasteiger partial charge in [-0.2, -0.15) is 4.98 Å². The van der Waals surface area contributed by atoms with E-state index in [9.17, 15) is 8.42 Å². The average molecular weight is 502 g/mol. The van der Waals surface area contributed by atoms with Crippen LogP contribution in [0.5, 0.6) is 0 Å². The van der Waals surface area contributed by atoms with Gasteiger partial charge < -0.3 is 15.5 Å². The molecule has 2 aromatic carbocycles. The van der Waals surface area contributed by atoms with E-state index < -0.39 is 9.84 Å². The zero-order valence-electron chi connectivity index (χ0n) is 19.9. The van der Waals surface area contributed by atoms with Crippen molar-refractivity contribution >= 4 is 44.1 Å². The molecule has 182 valence electrons. The molecule has 0 aliphatic heterocycles. The van der Waals surface area contributed by atoms with E-state index in [1.165, 1.54) is 12.3 Å². The van der Waals surface area contributed by atoms with Gasteiger partial charge in [0.05, 0.1) is 10.4 Å². The second-order valence-electron chi connectivity index (χ2n) is 9.30. The lowest BCUT2D eigenvalue weighted by Gasteiger charge is -2.29. The van der Waals surface area contributed by atoms with E-state index in [1.54, 1.807) is 12.1 Å². The molecule has 7 nitrogen and oxygen atoms in total. The maximum atomic E-state index is 11.7. The summed E-state index contributed by atoms with van der Waals surface area (Å²) in [6.07, 6.45) is 5.58. The highest BCUT2D eigenvalue weighted by atomic mass is 35.5. The Balaban J connectivity index is 1.28. The molecule has 1 saturated carbocycles. The van der Waals surface area contributed by atoms with Gasteiger partial charge in [-0.3, -0.25) is 0 Å². The van der Waals surface area contributed by atoms with Gasteiger partial charge in [0.1, 0.15) is 5.82 Å². The molecule has 0 spiro atoms. The number of halogens is 1. The van der Waals surface area contributed by atoms with Crippen molar-refractivity contribution in [3.8, 4) is 0 Å². The molecule has 0 atom stereocenters. The fourth-order valence-corrected chi connectivity index (χ4v) is 5.43. The molecule has 0 bridgehead atoms. The summed E-state index contributed by atoms with van der Waals surface area (Å²) >= 11 is 6.29. The average Bonchev–Trinajstić information content (AvgIpc) is 2.80. The molecule has 9 heteroatoms. The van der Waals surface area contributed by atoms with E-state index in [2.05, 4.69) is 16.7 Å². The van der Waals surface area contributed by atoms with Gasteiger partial charge in [-0.15, -0.1) is 0 Å². The molecule has 0 saturated heterocycles. The van der Waals surface area contributed by atoms with Gasteiger partial charge in [0, 0.05) is 43.3 Å². The van der Waals surface area contributed by atoms with Gasteiger partial charge in [-0.05, 0) is 68.0 Å². The second-order valence-corrected chi connectivity index (χ2v) is 11.7. The fourth-order valence-electron chi connectivity index (χ4n) is 4.47. The molecule has 4 rings (SSSR count). The molecule has 3 aromatic rings. The number of nitrogens with one attached hydrogen (secondary N) is 2. The van der Waals surface area contributed by atoms with Gasteiger partial charge in [0.2, 0.25) is 5.95 Å². The molecule has 0 amide bonds. The van der Waals surface area contributed by atoms with Crippen molar-refractivity contribution in [1.29, 1.82) is 0 Å². The van der Waals surface area contributed by atoms with Crippen molar-refractivity contribution < 1.29 is 8.42 Å². The molecule has 1 fully saturated rings. The molecule has 1 aliphatic rings. The van der Waals surface area contributed by atoms with Crippen molar-refractivity contribution in [1.82, 2.24) is 15.3 Å². The molecule has 34 heavy (non-hydrogen) atoms. The Morgan fingerprint density at radius 1 is 1.06 bits per heavy atom. The summed E-state index contributed by atoms with van der Waals surface area (Å²) in [5.74, 6) is 2.22. The Morgan fingerprint density at radius 2 is 1.79 bits per heavy atom. The van der Waals surface area contributed by atoms with Gasteiger partial charge >= 0.3 is 0 Å². The molecule has 1 aromatic heterocycles. The highest BCUT2D eigenvalue weighted by Crippen LogP contribution is 2.28. The third-order valence-corrected chi connectivity index (χ3v) is 7.85. The van der Waals surface area contributed by atoms with Crippen molar-refractivity contribution in [3.63, 3.8) is 0 Å². The summed E-state index contributed by atoms with van der Waals surface area (Å²) < 4.78 is 23.3. The first-order chi connectivity index (χ1) is 16.2. The van der Waals surface area contributed by atoms with Crippen LogP contribution in [0, 0.1) is 5.92 Å². The summed E-state index contributed by atoms with van der Waals surface area (Å²) in [6, 6.07) is 13.4. The molecule has 2 N–H and O–H groups in total. The topological polar surface area (TPSA) is 87.2 Å². The second kappa shape index (κ2) is 10.5. The van der Waals surface area contributed by atoms with Crippen molar-refractivity contribution in [2.45, 2.75) is 43.2 Å². The van der Waals surface area contributed by atoms with E-state index in [0.29, 0.717) is 29.5 Å². The normalized spacial score (nSPS) is 18.7. The van der Waals surface area contributed by atoms with Crippen molar-refractivity contribution in [2.75, 3.05) is 37.1 Å². The van der Waals surface area contributed by atoms with Gasteiger partial charge in [-0.25, -0.2) is 13.4 Å². The third-order valence-electron chi connectivity index (χ3n) is 6.39. The molecular formula is C25H32ClN5O2S. The van der Waals surface area contributed by atoms with E-state index in [-0.39, 0.29) is 4.90 Å². The van der Waals surface area contributed by atoms with Crippen LogP contribution in [0.4, 0.5) is 11.8 Å². The predicted octanol–water partition coefficient (Wildman–Crippen LogP) is 4.51. The van der Waals surface area contributed by atoms with E-state index in [1.807, 2.05) is 37.2 Å². The Bertz CT molecular complexity index is 1260. The predicted molar refractivity (Wildman–Crippen MR) is 140 cm³/mol. The minimum absolute atomic E-state index is 0.250. The highest BCUT2D eigenvalue weighted by molar-refractivity contribution is 7.90. The van der Waals surface area contributed by atoms with Crippen LogP contribution in [0.2, 0.25) is 5.02 Å². The minimum atomic E-state index is -3.25. The molecule has 1 heterocycles. The smallest absolute Gasteiger partial charge is 0.225 e. The monoisotopic (exact) mass is 501 g/mol. The first-order valence-corrected chi connectivity index (χ1v) is 13.9. The number of anilines is 2. The Kier molecular flexibility index (Phi) is 7.60. The number of aromatic nitrogens is 2. The first-order valence-electron chi connectivity index (χ1n) is 11.6. The number of sulfone groups is 1. The summed E-state index contributed by atoms with van der Waals surface area (Å²) in [4.78, 5) is 11.8. The number of rotatable bonds is 8. The van der Waals surface area contributed by atoms with Crippen molar-refractivity contribution in [2.24, 2.45) is 5.92 Å². The van der Waals surface area contributed by atoms with Crippen LogP contribution in [0.15, 0.2) is 47.4 Å². The Labute approximate surface area is 206 Å². The van der Waals surface area contributed by atoms with Crippen LogP contribution in [0.1, 0.15) is 31.2 Å². The lowest BCUT2D eigenvalue weighted by Crippen LogP contribution is -2.31. The lowest BCUT2D eigenvalue weighted by molar-refractivity contribution is 0.324. The largest absolute Gasteiger partial charge is 0.362 e. The van der Waals surface area contributed by atoms with E-state index in [4.69, 9.17) is 21.6 Å². The Hall–Kier alpha value is -2.42. The maximum absolute atomic E-state index is 11.7. The summed E-state index contributed by atoms with van der Waals surface area (Å²) in [7, 11) is 0.760. The Morgan fingerprint density at radius 3 is 2.47 bits per heavy atom. The highest BCUT2D eigenvalue weighted by Gasteiger charge is 2.22. The number of hydrogen-bond acceptors (Lipinski definition) is 7. The number of fused-ring (bicyclic) bond motifs is 1. The van der Waals surface area contributed by atoms with Crippen LogP contribution < -0.4 is 15.5 Å². The zero-order valence-corrected chi connectivity index (χ0v) is 21.5. The van der Waals surface area contributed by atoms with Crippen LogP contribution in [0.3, 0.4) is 0 Å². The zero-order chi connectivity index (χ0) is 24.3. The van der Waals surface area contributed by atoms with Crippen LogP contribution in [-0.2, 0) is 16.4 Å². The fraction of sp³-hybridized carbons (Fsp3) is 0.440. The van der Waals surface area contributed by atoms with Crippen LogP contribution >= 0.6 is 11.6 Å². The minimum Gasteiger partial charge on any atom is -0.362 e. The maximum Gasteiger partial charge on any atom is 0.225 e. The molecule has 1 aliphatic carbocycles. The summed E-state index contributed by atoms with van der Waals surface area (Å²) in [6.45, 7) is 1.54. The molecule has 0 radical (unpaired) electrons.